The maximum atomic E-state index is 11.9. The highest BCUT2D eigenvalue weighted by Gasteiger charge is 2.17. The molecule has 0 amide bonds. The number of rotatable bonds is 9. The van der Waals surface area contributed by atoms with Gasteiger partial charge in [0.15, 0.2) is 11.0 Å². The molecule has 0 N–H and O–H groups in total. The second-order valence-electron chi connectivity index (χ2n) is 6.44. The van der Waals surface area contributed by atoms with Crippen LogP contribution in [0.15, 0.2) is 59.8 Å². The molecule has 10 heteroatoms. The average Bonchev–Trinajstić information content (AvgIpc) is 3.14. The minimum atomic E-state index is -0.469. The summed E-state index contributed by atoms with van der Waals surface area (Å²) in [6, 6.07) is 15.3. The predicted molar refractivity (Wildman–Crippen MR) is 111 cm³/mol. The van der Waals surface area contributed by atoms with Crippen LogP contribution in [0.2, 0.25) is 0 Å². The molecule has 2 aromatic carbocycles. The Bertz CT molecular complexity index is 1010. The molecule has 0 radical (unpaired) electrons. The lowest BCUT2D eigenvalue weighted by atomic mass is 10.3. The van der Waals surface area contributed by atoms with Crippen LogP contribution in [0.5, 0.6) is 5.75 Å². The fraction of sp³-hybridized carbons (Fsp3) is 0.250. The van der Waals surface area contributed by atoms with Gasteiger partial charge in [-0.1, -0.05) is 30.0 Å². The standard InChI is InChI=1S/C20H20N4O5S/c1-14(2)29-19(25)13-30-20-22-21-18(23(20)15-6-4-3-5-7-15)12-28-17-10-8-16(9-11-17)24(26)27/h3-11,14H,12-13H2,1-2H3. The van der Waals surface area contributed by atoms with Crippen LogP contribution in [0.4, 0.5) is 5.69 Å². The average molecular weight is 428 g/mol. The number of hydrogen-bond donors (Lipinski definition) is 0. The van der Waals surface area contributed by atoms with Gasteiger partial charge in [-0.3, -0.25) is 19.5 Å². The van der Waals surface area contributed by atoms with Crippen LogP contribution in [-0.2, 0) is 16.1 Å². The van der Waals surface area contributed by atoms with Crippen LogP contribution < -0.4 is 4.74 Å². The lowest BCUT2D eigenvalue weighted by Gasteiger charge is -2.11. The van der Waals surface area contributed by atoms with E-state index in [2.05, 4.69) is 10.2 Å². The van der Waals surface area contributed by atoms with E-state index in [4.69, 9.17) is 9.47 Å². The largest absolute Gasteiger partial charge is 0.486 e. The molecule has 0 aliphatic carbocycles. The van der Waals surface area contributed by atoms with Crippen molar-refractivity contribution in [1.82, 2.24) is 14.8 Å². The van der Waals surface area contributed by atoms with E-state index in [1.165, 1.54) is 36.0 Å². The van der Waals surface area contributed by atoms with Crippen LogP contribution in [0, 0.1) is 10.1 Å². The monoisotopic (exact) mass is 428 g/mol. The maximum absolute atomic E-state index is 11.9. The third-order valence-corrected chi connectivity index (χ3v) is 4.72. The quantitative estimate of drug-likeness (QED) is 0.219. The normalized spacial score (nSPS) is 10.8. The summed E-state index contributed by atoms with van der Waals surface area (Å²) in [7, 11) is 0. The molecule has 0 aliphatic rings. The minimum Gasteiger partial charge on any atom is -0.486 e. The molecule has 0 unspecified atom stereocenters. The van der Waals surface area contributed by atoms with Crippen molar-refractivity contribution in [3.05, 3.63) is 70.5 Å². The van der Waals surface area contributed by atoms with Crippen molar-refractivity contribution < 1.29 is 19.2 Å². The fourth-order valence-electron chi connectivity index (χ4n) is 2.56. The van der Waals surface area contributed by atoms with Gasteiger partial charge < -0.3 is 9.47 Å². The van der Waals surface area contributed by atoms with Crippen molar-refractivity contribution in [2.75, 3.05) is 5.75 Å². The summed E-state index contributed by atoms with van der Waals surface area (Å²) in [5, 5.41) is 19.7. The Morgan fingerprint density at radius 2 is 1.83 bits per heavy atom. The van der Waals surface area contributed by atoms with E-state index >= 15 is 0 Å². The third kappa shape index (κ3) is 5.57. The maximum Gasteiger partial charge on any atom is 0.316 e. The molecule has 0 spiro atoms. The Labute approximate surface area is 177 Å². The van der Waals surface area contributed by atoms with Gasteiger partial charge in [-0.2, -0.15) is 0 Å². The predicted octanol–water partition coefficient (Wildman–Crippen LogP) is 3.80. The first kappa shape index (κ1) is 21.3. The Kier molecular flexibility index (Phi) is 7.02. The second kappa shape index (κ2) is 9.88. The highest BCUT2D eigenvalue weighted by atomic mass is 32.2. The zero-order valence-electron chi connectivity index (χ0n) is 16.4. The molecular formula is C20H20N4O5S. The van der Waals surface area contributed by atoms with E-state index in [0.717, 1.165) is 5.69 Å². The van der Waals surface area contributed by atoms with E-state index in [0.29, 0.717) is 16.7 Å². The zero-order chi connectivity index (χ0) is 21.5. The molecule has 3 rings (SSSR count). The van der Waals surface area contributed by atoms with Gasteiger partial charge in [0.05, 0.1) is 16.8 Å². The molecule has 30 heavy (non-hydrogen) atoms. The number of hydrogen-bond acceptors (Lipinski definition) is 8. The summed E-state index contributed by atoms with van der Waals surface area (Å²) in [6.45, 7) is 3.68. The molecule has 3 aromatic rings. The molecule has 1 aromatic heterocycles. The highest BCUT2D eigenvalue weighted by molar-refractivity contribution is 7.99. The van der Waals surface area contributed by atoms with Gasteiger partial charge in [0.1, 0.15) is 12.4 Å². The number of ether oxygens (including phenoxy) is 2. The van der Waals surface area contributed by atoms with Crippen LogP contribution in [0.1, 0.15) is 19.7 Å². The first-order valence-corrected chi connectivity index (χ1v) is 10.1. The Morgan fingerprint density at radius 3 is 2.47 bits per heavy atom. The van der Waals surface area contributed by atoms with Crippen LogP contribution in [-0.4, -0.2) is 37.5 Å². The Balaban J connectivity index is 1.77. The summed E-state index contributed by atoms with van der Waals surface area (Å²) in [5.41, 5.74) is 0.811. The van der Waals surface area contributed by atoms with Crippen molar-refractivity contribution in [2.24, 2.45) is 0 Å². The molecule has 0 saturated heterocycles. The number of nitrogens with zero attached hydrogens (tertiary/aromatic N) is 4. The number of carbonyl (C=O) groups is 1. The molecular weight excluding hydrogens is 408 g/mol. The Hall–Kier alpha value is -3.40. The fourth-order valence-corrected chi connectivity index (χ4v) is 3.31. The number of benzene rings is 2. The van der Waals surface area contributed by atoms with Crippen molar-refractivity contribution in [2.45, 2.75) is 31.7 Å². The van der Waals surface area contributed by atoms with Gasteiger partial charge >= 0.3 is 5.97 Å². The van der Waals surface area contributed by atoms with Crippen molar-refractivity contribution in [3.8, 4) is 11.4 Å². The van der Waals surface area contributed by atoms with Gasteiger partial charge in [0.25, 0.3) is 5.69 Å². The molecule has 0 aliphatic heterocycles. The second-order valence-corrected chi connectivity index (χ2v) is 7.38. The lowest BCUT2D eigenvalue weighted by Crippen LogP contribution is -2.14. The summed E-state index contributed by atoms with van der Waals surface area (Å²) in [4.78, 5) is 22.2. The van der Waals surface area contributed by atoms with Gasteiger partial charge in [0.2, 0.25) is 0 Å². The number of aromatic nitrogens is 3. The summed E-state index contributed by atoms with van der Waals surface area (Å²) in [5.74, 6) is 0.769. The lowest BCUT2D eigenvalue weighted by molar-refractivity contribution is -0.384. The SMILES string of the molecule is CC(C)OC(=O)CSc1nnc(COc2ccc([N+](=O)[O-])cc2)n1-c1ccccc1. The number of carbonyl (C=O) groups excluding carboxylic acids is 1. The van der Waals surface area contributed by atoms with Crippen molar-refractivity contribution in [3.63, 3.8) is 0 Å². The van der Waals surface area contributed by atoms with Gasteiger partial charge in [-0.15, -0.1) is 10.2 Å². The number of non-ortho nitro benzene ring substituents is 1. The number of thioether (sulfide) groups is 1. The molecule has 0 fully saturated rings. The van der Waals surface area contributed by atoms with Crippen LogP contribution in [0.25, 0.3) is 5.69 Å². The number of esters is 1. The molecule has 0 bridgehead atoms. The van der Waals surface area contributed by atoms with Crippen molar-refractivity contribution >= 4 is 23.4 Å². The van der Waals surface area contributed by atoms with Crippen LogP contribution >= 0.6 is 11.8 Å². The summed E-state index contributed by atoms with van der Waals surface area (Å²) in [6.07, 6.45) is -0.184. The first-order chi connectivity index (χ1) is 14.4. The topological polar surface area (TPSA) is 109 Å². The van der Waals surface area contributed by atoms with Gasteiger partial charge in [-0.05, 0) is 38.1 Å². The van der Waals surface area contributed by atoms with E-state index in [9.17, 15) is 14.9 Å². The van der Waals surface area contributed by atoms with E-state index in [-0.39, 0.29) is 30.1 Å². The molecule has 9 nitrogen and oxygen atoms in total. The van der Waals surface area contributed by atoms with E-state index < -0.39 is 4.92 Å². The summed E-state index contributed by atoms with van der Waals surface area (Å²) >= 11 is 1.22. The van der Waals surface area contributed by atoms with Crippen molar-refractivity contribution in [1.29, 1.82) is 0 Å². The molecule has 156 valence electrons. The minimum absolute atomic E-state index is 0.0122. The number of para-hydroxylation sites is 1. The first-order valence-electron chi connectivity index (χ1n) is 9.13. The molecule has 1 heterocycles. The summed E-state index contributed by atoms with van der Waals surface area (Å²) < 4.78 is 12.7. The Morgan fingerprint density at radius 1 is 1.13 bits per heavy atom. The van der Waals surface area contributed by atoms with Gasteiger partial charge in [-0.25, -0.2) is 0 Å². The smallest absolute Gasteiger partial charge is 0.316 e. The van der Waals surface area contributed by atoms with Crippen LogP contribution in [0.3, 0.4) is 0 Å². The zero-order valence-corrected chi connectivity index (χ0v) is 17.2. The number of nitro benzene ring substituents is 1. The third-order valence-electron chi connectivity index (χ3n) is 3.82. The van der Waals surface area contributed by atoms with E-state index in [1.54, 1.807) is 18.4 Å². The van der Waals surface area contributed by atoms with Gasteiger partial charge in [0, 0.05) is 17.8 Å². The molecule has 0 saturated carbocycles. The molecule has 0 atom stereocenters. The highest BCUT2D eigenvalue weighted by Crippen LogP contribution is 2.24. The van der Waals surface area contributed by atoms with E-state index in [1.807, 2.05) is 30.3 Å². The number of nitro groups is 1.